The third kappa shape index (κ3) is 3.86. The van der Waals surface area contributed by atoms with E-state index in [0.717, 1.165) is 5.46 Å². The Morgan fingerprint density at radius 3 is 2.61 bits per heavy atom. The molecule has 2 aromatic rings. The molecule has 3 N–H and O–H groups in total. The van der Waals surface area contributed by atoms with Gasteiger partial charge in [-0.05, 0) is 17.7 Å². The van der Waals surface area contributed by atoms with Gasteiger partial charge in [0.1, 0.15) is 20.1 Å². The smallest absolute Gasteiger partial charge is 0.322 e. The zero-order chi connectivity index (χ0) is 17.0. The summed E-state index contributed by atoms with van der Waals surface area (Å²) in [4.78, 5) is 26.0. The summed E-state index contributed by atoms with van der Waals surface area (Å²) in [6, 6.07) is 8.59. The molecule has 0 aliphatic heterocycles. The first-order valence-electron chi connectivity index (χ1n) is 6.62. The molecule has 2 rings (SSSR count). The lowest BCUT2D eigenvalue weighted by atomic mass is 9.90. The molecule has 0 atom stereocenters. The summed E-state index contributed by atoms with van der Waals surface area (Å²) in [5, 5.41) is 29.6. The van der Waals surface area contributed by atoms with Gasteiger partial charge in [-0.1, -0.05) is 17.6 Å². The molecule has 0 unspecified atom stereocenters. The van der Waals surface area contributed by atoms with Crippen LogP contribution in [0.5, 0.6) is 5.75 Å². The van der Waals surface area contributed by atoms with Crippen molar-refractivity contribution in [1.82, 2.24) is 10.3 Å². The maximum atomic E-state index is 11.7. The number of rotatable bonds is 4. The lowest BCUT2D eigenvalue weighted by Crippen LogP contribution is -2.29. The number of carboxylic acids is 1. The first-order valence-corrected chi connectivity index (χ1v) is 6.62. The minimum atomic E-state index is -1.20. The number of hydrogen-bond donors (Lipinski definition) is 3. The Morgan fingerprint density at radius 2 is 2.00 bits per heavy atom. The highest BCUT2D eigenvalue weighted by atomic mass is 16.4. The number of carbonyl (C=O) groups is 2. The first kappa shape index (κ1) is 16.0. The molecule has 0 aliphatic rings. The standard InChI is InChI=1S/C15H12BN3O4/c16-11-2-8(5-17)1-9(3-11)10-4-12(20)14(18-6-10)15(23)19-7-13(21)22/h1-4,6,20H,7,16H2,(H,19,23)(H,21,22). The van der Waals surface area contributed by atoms with Crippen molar-refractivity contribution < 1.29 is 19.8 Å². The molecule has 114 valence electrons. The van der Waals surface area contributed by atoms with Crippen molar-refractivity contribution in [2.75, 3.05) is 6.54 Å². The Balaban J connectivity index is 2.33. The predicted molar refractivity (Wildman–Crippen MR) is 84.2 cm³/mol. The Morgan fingerprint density at radius 1 is 1.26 bits per heavy atom. The predicted octanol–water partition coefficient (Wildman–Crippen LogP) is -0.601. The summed E-state index contributed by atoms with van der Waals surface area (Å²) in [6.07, 6.45) is 1.38. The van der Waals surface area contributed by atoms with E-state index < -0.39 is 18.4 Å². The monoisotopic (exact) mass is 309 g/mol. The molecule has 0 saturated heterocycles. The van der Waals surface area contributed by atoms with Crippen molar-refractivity contribution in [2.45, 2.75) is 0 Å². The lowest BCUT2D eigenvalue weighted by molar-refractivity contribution is -0.135. The number of nitriles is 1. The zero-order valence-corrected chi connectivity index (χ0v) is 12.2. The van der Waals surface area contributed by atoms with Crippen molar-refractivity contribution >= 4 is 25.2 Å². The molecular formula is C15H12BN3O4. The van der Waals surface area contributed by atoms with Crippen molar-refractivity contribution in [1.29, 1.82) is 5.26 Å². The third-order valence-electron chi connectivity index (χ3n) is 3.02. The third-order valence-corrected chi connectivity index (χ3v) is 3.02. The van der Waals surface area contributed by atoms with Gasteiger partial charge in [0.2, 0.25) is 0 Å². The van der Waals surface area contributed by atoms with Crippen molar-refractivity contribution in [2.24, 2.45) is 0 Å². The largest absolute Gasteiger partial charge is 0.505 e. The van der Waals surface area contributed by atoms with E-state index in [1.165, 1.54) is 12.3 Å². The Labute approximate surface area is 132 Å². The van der Waals surface area contributed by atoms with Crippen LogP contribution in [0.25, 0.3) is 11.1 Å². The van der Waals surface area contributed by atoms with Gasteiger partial charge in [0.05, 0.1) is 11.6 Å². The number of nitrogens with one attached hydrogen (secondary N) is 1. The van der Waals surface area contributed by atoms with Gasteiger partial charge in [0.15, 0.2) is 5.69 Å². The molecule has 0 fully saturated rings. The van der Waals surface area contributed by atoms with Crippen LogP contribution >= 0.6 is 0 Å². The van der Waals surface area contributed by atoms with Gasteiger partial charge in [-0.2, -0.15) is 5.26 Å². The van der Waals surface area contributed by atoms with Gasteiger partial charge in [-0.3, -0.25) is 9.59 Å². The maximum Gasteiger partial charge on any atom is 0.322 e. The van der Waals surface area contributed by atoms with Crippen LogP contribution in [-0.2, 0) is 4.79 Å². The van der Waals surface area contributed by atoms with Gasteiger partial charge in [-0.25, -0.2) is 4.98 Å². The molecule has 1 amide bonds. The summed E-state index contributed by atoms with van der Waals surface area (Å²) in [7, 11) is 1.84. The molecule has 0 saturated carbocycles. The molecular weight excluding hydrogens is 297 g/mol. The van der Waals surface area contributed by atoms with Crippen LogP contribution in [0.15, 0.2) is 30.5 Å². The minimum Gasteiger partial charge on any atom is -0.505 e. The Hall–Kier alpha value is -3.34. The van der Waals surface area contributed by atoms with Crippen LogP contribution < -0.4 is 10.8 Å². The molecule has 8 heteroatoms. The second-order valence-corrected chi connectivity index (χ2v) is 4.87. The molecule has 0 spiro atoms. The van der Waals surface area contributed by atoms with Crippen molar-refractivity contribution in [3.05, 3.63) is 41.7 Å². The first-order chi connectivity index (χ1) is 10.9. The van der Waals surface area contributed by atoms with Gasteiger partial charge in [-0.15, -0.1) is 0 Å². The zero-order valence-electron chi connectivity index (χ0n) is 12.2. The van der Waals surface area contributed by atoms with E-state index in [-0.39, 0.29) is 11.4 Å². The summed E-state index contributed by atoms with van der Waals surface area (Å²) in [6.45, 7) is -0.564. The fraction of sp³-hybridized carbons (Fsp3) is 0.0667. The van der Waals surface area contributed by atoms with E-state index in [0.29, 0.717) is 16.7 Å². The van der Waals surface area contributed by atoms with Gasteiger partial charge < -0.3 is 15.5 Å². The summed E-state index contributed by atoms with van der Waals surface area (Å²) in [5.74, 6) is -2.35. The Bertz CT molecular complexity index is 830. The second-order valence-electron chi connectivity index (χ2n) is 4.87. The van der Waals surface area contributed by atoms with Gasteiger partial charge in [0.25, 0.3) is 5.91 Å². The number of hydrogen-bond acceptors (Lipinski definition) is 5. The maximum absolute atomic E-state index is 11.7. The molecule has 0 aliphatic carbocycles. The average molecular weight is 309 g/mol. The Kier molecular flexibility index (Phi) is 4.62. The molecule has 1 aromatic carbocycles. The van der Waals surface area contributed by atoms with E-state index in [1.807, 2.05) is 20.0 Å². The van der Waals surface area contributed by atoms with Crippen LogP contribution in [0, 0.1) is 11.3 Å². The van der Waals surface area contributed by atoms with Crippen molar-refractivity contribution in [3.63, 3.8) is 0 Å². The number of aromatic nitrogens is 1. The van der Waals surface area contributed by atoms with Crippen LogP contribution in [-0.4, -0.2) is 41.5 Å². The van der Waals surface area contributed by atoms with E-state index >= 15 is 0 Å². The number of carboxylic acid groups (broad SMARTS) is 1. The van der Waals surface area contributed by atoms with Crippen LogP contribution in [0.4, 0.5) is 0 Å². The molecule has 7 nitrogen and oxygen atoms in total. The lowest BCUT2D eigenvalue weighted by Gasteiger charge is -2.08. The van der Waals surface area contributed by atoms with Gasteiger partial charge in [0, 0.05) is 11.8 Å². The number of aromatic hydroxyl groups is 1. The highest BCUT2D eigenvalue weighted by Gasteiger charge is 2.15. The normalized spacial score (nSPS) is 9.87. The number of nitrogens with zero attached hydrogens (tertiary/aromatic N) is 2. The van der Waals surface area contributed by atoms with E-state index in [4.69, 9.17) is 10.4 Å². The topological polar surface area (TPSA) is 123 Å². The van der Waals surface area contributed by atoms with Crippen molar-refractivity contribution in [3.8, 4) is 22.9 Å². The van der Waals surface area contributed by atoms with Crippen LogP contribution in [0.1, 0.15) is 16.1 Å². The van der Waals surface area contributed by atoms with E-state index in [1.54, 1.807) is 12.1 Å². The molecule has 1 aromatic heterocycles. The number of amides is 1. The number of benzene rings is 1. The highest BCUT2D eigenvalue weighted by molar-refractivity contribution is 6.32. The van der Waals surface area contributed by atoms with E-state index in [2.05, 4.69) is 10.3 Å². The SMILES string of the molecule is Bc1cc(C#N)cc(-c2cnc(C(=O)NCC(=O)O)c(O)c2)c1. The quantitative estimate of drug-likeness (QED) is 0.648. The fourth-order valence-corrected chi connectivity index (χ4v) is 2.04. The second kappa shape index (κ2) is 6.62. The molecule has 0 radical (unpaired) electrons. The molecule has 1 heterocycles. The van der Waals surface area contributed by atoms with Gasteiger partial charge >= 0.3 is 5.97 Å². The number of carbonyl (C=O) groups excluding carboxylic acids is 1. The number of aliphatic carboxylic acids is 1. The fourth-order valence-electron chi connectivity index (χ4n) is 2.04. The summed E-state index contributed by atoms with van der Waals surface area (Å²) in [5.41, 5.74) is 2.31. The number of pyridine rings is 1. The van der Waals surface area contributed by atoms with Crippen LogP contribution in [0.2, 0.25) is 0 Å². The van der Waals surface area contributed by atoms with Crippen LogP contribution in [0.3, 0.4) is 0 Å². The summed E-state index contributed by atoms with van der Waals surface area (Å²) < 4.78 is 0. The molecule has 0 bridgehead atoms. The highest BCUT2D eigenvalue weighted by Crippen LogP contribution is 2.24. The van der Waals surface area contributed by atoms with E-state index in [9.17, 15) is 14.7 Å². The minimum absolute atomic E-state index is 0.261. The molecule has 23 heavy (non-hydrogen) atoms. The summed E-state index contributed by atoms with van der Waals surface area (Å²) >= 11 is 0. The average Bonchev–Trinajstić information content (AvgIpc) is 2.51.